The first-order chi connectivity index (χ1) is 8.56. The van der Waals surface area contributed by atoms with Gasteiger partial charge in [-0.2, -0.15) is 0 Å². The van der Waals surface area contributed by atoms with Crippen molar-refractivity contribution < 1.29 is 8.42 Å². The van der Waals surface area contributed by atoms with Crippen LogP contribution in [0.3, 0.4) is 0 Å². The van der Waals surface area contributed by atoms with Crippen molar-refractivity contribution in [2.45, 2.75) is 45.4 Å². The quantitative estimate of drug-likeness (QED) is 0.654. The maximum absolute atomic E-state index is 12.0. The molecule has 0 aromatic carbocycles. The second-order valence-corrected chi connectivity index (χ2v) is 7.55. The summed E-state index contributed by atoms with van der Waals surface area (Å²) in [6, 6.07) is 0. The fourth-order valence-corrected chi connectivity index (χ4v) is 3.77. The van der Waals surface area contributed by atoms with Crippen LogP contribution < -0.4 is 5.32 Å². The van der Waals surface area contributed by atoms with Crippen LogP contribution in [-0.2, 0) is 10.0 Å². The fraction of sp³-hybridized carbons (Fsp3) is 1.00. The Labute approximate surface area is 112 Å². The van der Waals surface area contributed by atoms with E-state index in [1.807, 2.05) is 0 Å². The molecule has 0 spiro atoms. The Balaban J connectivity index is 2.23. The molecule has 1 aliphatic rings. The third-order valence-corrected chi connectivity index (χ3v) is 5.55. The normalized spacial score (nSPS) is 17.7. The van der Waals surface area contributed by atoms with Crippen molar-refractivity contribution in [2.75, 3.05) is 32.4 Å². The summed E-state index contributed by atoms with van der Waals surface area (Å²) >= 11 is 0. The lowest BCUT2D eigenvalue weighted by Crippen LogP contribution is -2.34. The van der Waals surface area contributed by atoms with Crippen LogP contribution >= 0.6 is 0 Å². The molecule has 1 saturated carbocycles. The first kappa shape index (κ1) is 15.9. The Kier molecular flexibility index (Phi) is 7.19. The Morgan fingerprint density at radius 3 is 2.50 bits per heavy atom. The van der Waals surface area contributed by atoms with E-state index in [0.717, 1.165) is 19.5 Å². The molecular formula is C13H28N2O2S. The molecule has 0 heterocycles. The highest BCUT2D eigenvalue weighted by atomic mass is 32.2. The van der Waals surface area contributed by atoms with Gasteiger partial charge in [0, 0.05) is 13.6 Å². The fourth-order valence-electron chi connectivity index (χ4n) is 2.51. The minimum absolute atomic E-state index is 0.271. The van der Waals surface area contributed by atoms with Gasteiger partial charge in [-0.15, -0.1) is 0 Å². The summed E-state index contributed by atoms with van der Waals surface area (Å²) in [5, 5.41) is 3.24. The van der Waals surface area contributed by atoms with Crippen molar-refractivity contribution in [3.63, 3.8) is 0 Å². The molecule has 4 nitrogen and oxygen atoms in total. The molecule has 5 heteroatoms. The minimum atomic E-state index is -3.04. The molecule has 0 amide bonds. The topological polar surface area (TPSA) is 49.4 Å². The zero-order valence-corrected chi connectivity index (χ0v) is 12.6. The van der Waals surface area contributed by atoms with Crippen molar-refractivity contribution in [3.8, 4) is 0 Å². The summed E-state index contributed by atoms with van der Waals surface area (Å²) in [5.41, 5.74) is 0. The first-order valence-electron chi connectivity index (χ1n) is 7.21. The van der Waals surface area contributed by atoms with Gasteiger partial charge >= 0.3 is 0 Å². The molecule has 0 radical (unpaired) electrons. The summed E-state index contributed by atoms with van der Waals surface area (Å²) in [4.78, 5) is 0. The Morgan fingerprint density at radius 2 is 1.89 bits per heavy atom. The van der Waals surface area contributed by atoms with E-state index in [1.165, 1.54) is 25.7 Å². The van der Waals surface area contributed by atoms with Crippen LogP contribution in [0.2, 0.25) is 0 Å². The second kappa shape index (κ2) is 8.12. The van der Waals surface area contributed by atoms with E-state index >= 15 is 0 Å². The molecule has 1 fully saturated rings. The zero-order chi connectivity index (χ0) is 13.4. The van der Waals surface area contributed by atoms with Crippen molar-refractivity contribution in [2.24, 2.45) is 5.92 Å². The van der Waals surface area contributed by atoms with E-state index in [4.69, 9.17) is 0 Å². The predicted molar refractivity (Wildman–Crippen MR) is 76.2 cm³/mol. The highest BCUT2D eigenvalue weighted by Gasteiger charge is 2.23. The predicted octanol–water partition coefficient (Wildman–Crippen LogP) is 1.83. The summed E-state index contributed by atoms with van der Waals surface area (Å²) in [6.45, 7) is 4.59. The largest absolute Gasteiger partial charge is 0.317 e. The molecular weight excluding hydrogens is 248 g/mol. The smallest absolute Gasteiger partial charge is 0.213 e. The van der Waals surface area contributed by atoms with Crippen molar-refractivity contribution >= 4 is 10.0 Å². The van der Waals surface area contributed by atoms with Gasteiger partial charge in [-0.05, 0) is 44.7 Å². The maximum atomic E-state index is 12.0. The molecule has 0 aromatic heterocycles. The van der Waals surface area contributed by atoms with Crippen molar-refractivity contribution in [1.29, 1.82) is 0 Å². The van der Waals surface area contributed by atoms with Crippen LogP contribution in [0, 0.1) is 5.92 Å². The number of hydrogen-bond donors (Lipinski definition) is 1. The van der Waals surface area contributed by atoms with Gasteiger partial charge in [-0.1, -0.05) is 19.8 Å². The summed E-state index contributed by atoms with van der Waals surface area (Å²) in [6.07, 6.45) is 6.71. The summed E-state index contributed by atoms with van der Waals surface area (Å²) < 4.78 is 25.7. The number of rotatable bonds is 9. The van der Waals surface area contributed by atoms with Gasteiger partial charge in [0.2, 0.25) is 10.0 Å². The van der Waals surface area contributed by atoms with E-state index in [-0.39, 0.29) is 5.75 Å². The molecule has 18 heavy (non-hydrogen) atoms. The Bertz CT molecular complexity index is 311. The molecule has 0 saturated heterocycles. The van der Waals surface area contributed by atoms with Gasteiger partial charge in [0.05, 0.1) is 5.75 Å². The molecule has 1 N–H and O–H groups in total. The van der Waals surface area contributed by atoms with Crippen LogP contribution in [0.4, 0.5) is 0 Å². The molecule has 0 aliphatic heterocycles. The van der Waals surface area contributed by atoms with E-state index in [0.29, 0.717) is 18.9 Å². The molecule has 1 rings (SSSR count). The number of sulfonamides is 1. The second-order valence-electron chi connectivity index (χ2n) is 5.35. The Morgan fingerprint density at radius 1 is 1.22 bits per heavy atom. The van der Waals surface area contributed by atoms with Crippen LogP contribution in [-0.4, -0.2) is 45.2 Å². The molecule has 0 atom stereocenters. The highest BCUT2D eigenvalue weighted by Crippen LogP contribution is 2.25. The lowest BCUT2D eigenvalue weighted by molar-refractivity contribution is 0.386. The number of nitrogens with zero attached hydrogens (tertiary/aromatic N) is 1. The van der Waals surface area contributed by atoms with E-state index in [1.54, 1.807) is 11.4 Å². The molecule has 0 bridgehead atoms. The van der Waals surface area contributed by atoms with Crippen LogP contribution in [0.5, 0.6) is 0 Å². The summed E-state index contributed by atoms with van der Waals surface area (Å²) in [5.74, 6) is 0.857. The number of nitrogens with one attached hydrogen (secondary N) is 1. The standard InChI is InChI=1S/C13H28N2O2S/c1-3-9-14-10-6-11-18(16,17)15(2)12-13-7-4-5-8-13/h13-14H,3-12H2,1-2H3. The van der Waals surface area contributed by atoms with Gasteiger partial charge in [0.15, 0.2) is 0 Å². The third-order valence-electron chi connectivity index (χ3n) is 3.65. The molecule has 0 aromatic rings. The molecule has 0 unspecified atom stereocenters. The Hall–Kier alpha value is -0.130. The van der Waals surface area contributed by atoms with Gasteiger partial charge < -0.3 is 5.32 Å². The highest BCUT2D eigenvalue weighted by molar-refractivity contribution is 7.89. The van der Waals surface area contributed by atoms with E-state index < -0.39 is 10.0 Å². The average molecular weight is 276 g/mol. The van der Waals surface area contributed by atoms with E-state index in [2.05, 4.69) is 12.2 Å². The van der Waals surface area contributed by atoms with Crippen molar-refractivity contribution in [3.05, 3.63) is 0 Å². The minimum Gasteiger partial charge on any atom is -0.317 e. The lowest BCUT2D eigenvalue weighted by atomic mass is 10.1. The van der Waals surface area contributed by atoms with Gasteiger partial charge in [-0.3, -0.25) is 0 Å². The molecule has 108 valence electrons. The van der Waals surface area contributed by atoms with Crippen molar-refractivity contribution in [1.82, 2.24) is 9.62 Å². The van der Waals surface area contributed by atoms with Crippen LogP contribution in [0.25, 0.3) is 0 Å². The van der Waals surface area contributed by atoms with Gasteiger partial charge in [0.25, 0.3) is 0 Å². The first-order valence-corrected chi connectivity index (χ1v) is 8.82. The van der Waals surface area contributed by atoms with Crippen LogP contribution in [0.1, 0.15) is 45.4 Å². The maximum Gasteiger partial charge on any atom is 0.213 e. The monoisotopic (exact) mass is 276 g/mol. The summed E-state index contributed by atoms with van der Waals surface area (Å²) in [7, 11) is -1.31. The average Bonchev–Trinajstić information content (AvgIpc) is 2.81. The molecule has 1 aliphatic carbocycles. The third kappa shape index (κ3) is 5.67. The SMILES string of the molecule is CCCNCCCS(=O)(=O)N(C)CC1CCCC1. The zero-order valence-electron chi connectivity index (χ0n) is 11.8. The van der Waals surface area contributed by atoms with Gasteiger partial charge in [0.1, 0.15) is 0 Å². The van der Waals surface area contributed by atoms with E-state index in [9.17, 15) is 8.42 Å². The van der Waals surface area contributed by atoms with Crippen LogP contribution in [0.15, 0.2) is 0 Å². The number of hydrogen-bond acceptors (Lipinski definition) is 3. The lowest BCUT2D eigenvalue weighted by Gasteiger charge is -2.20. The van der Waals surface area contributed by atoms with Gasteiger partial charge in [-0.25, -0.2) is 12.7 Å².